The van der Waals surface area contributed by atoms with Crippen LogP contribution in [0.1, 0.15) is 26.3 Å². The number of rotatable bonds is 1. The summed E-state index contributed by atoms with van der Waals surface area (Å²) in [5, 5.41) is 5.48. The Kier molecular flexibility index (Phi) is 5.18. The zero-order valence-corrected chi connectivity index (χ0v) is 18.3. The van der Waals surface area contributed by atoms with Gasteiger partial charge in [-0.05, 0) is 39.0 Å². The van der Waals surface area contributed by atoms with E-state index in [0.29, 0.717) is 5.52 Å². The van der Waals surface area contributed by atoms with Gasteiger partial charge in [-0.1, -0.05) is 55.9 Å². The second-order valence-corrected chi connectivity index (χ2v) is 13.6. The van der Waals surface area contributed by atoms with Crippen LogP contribution in [-0.2, 0) is 4.74 Å². The van der Waals surface area contributed by atoms with Crippen LogP contribution >= 0.6 is 0 Å². The molecule has 0 saturated carbocycles. The third-order valence-electron chi connectivity index (χ3n) is 3.88. The van der Waals surface area contributed by atoms with E-state index in [-0.39, 0.29) is 0 Å². The number of hydrogen-bond acceptors (Lipinski definition) is 3. The first-order chi connectivity index (χ1) is 13.0. The molecule has 2 aromatic carbocycles. The van der Waals surface area contributed by atoms with Crippen LogP contribution < -0.4 is 0 Å². The molecule has 0 radical (unpaired) electrons. The summed E-state index contributed by atoms with van der Waals surface area (Å²) in [6.45, 7) is 12.2. The average Bonchev–Trinajstić information content (AvgIpc) is 2.98. The topological polar surface area (TPSA) is 44.1 Å². The molecule has 0 aliphatic carbocycles. The van der Waals surface area contributed by atoms with Gasteiger partial charge in [0, 0.05) is 16.5 Å². The summed E-state index contributed by atoms with van der Waals surface area (Å²) in [6, 6.07) is 15.7. The van der Waals surface area contributed by atoms with E-state index in [9.17, 15) is 4.79 Å². The van der Waals surface area contributed by atoms with Gasteiger partial charge in [0.1, 0.15) is 19.4 Å². The number of carbonyl (C=O) groups excluding carboxylic acids is 1. The molecule has 5 heteroatoms. The molecule has 0 fully saturated rings. The Morgan fingerprint density at radius 1 is 1.07 bits per heavy atom. The molecule has 0 spiro atoms. The van der Waals surface area contributed by atoms with Gasteiger partial charge >= 0.3 is 6.09 Å². The maximum Gasteiger partial charge on any atom is 0.435 e. The smallest absolute Gasteiger partial charge is 0.435 e. The lowest BCUT2D eigenvalue weighted by Crippen LogP contribution is -2.27. The van der Waals surface area contributed by atoms with Crippen LogP contribution in [0, 0.1) is 11.5 Å². The van der Waals surface area contributed by atoms with Crippen molar-refractivity contribution in [3.05, 3.63) is 54.1 Å². The van der Waals surface area contributed by atoms with Crippen molar-refractivity contribution in [1.82, 2.24) is 9.78 Å². The van der Waals surface area contributed by atoms with E-state index in [0.717, 1.165) is 22.2 Å². The van der Waals surface area contributed by atoms with Gasteiger partial charge in [-0.25, -0.2) is 4.79 Å². The largest absolute Gasteiger partial charge is 0.442 e. The van der Waals surface area contributed by atoms with Crippen molar-refractivity contribution in [2.45, 2.75) is 46.0 Å². The SMILES string of the molecule is CC(C)(C)OC(=O)n1nc(-c2ccccc2)c2cc(C#C[Si](C)(C)C)ccc21. The van der Waals surface area contributed by atoms with Crippen molar-refractivity contribution < 1.29 is 9.53 Å². The summed E-state index contributed by atoms with van der Waals surface area (Å²) >= 11 is 0. The fraction of sp³-hybridized carbons (Fsp3) is 0.304. The van der Waals surface area contributed by atoms with Crippen molar-refractivity contribution >= 4 is 25.1 Å². The van der Waals surface area contributed by atoms with Gasteiger partial charge in [-0.3, -0.25) is 0 Å². The van der Waals surface area contributed by atoms with E-state index in [1.807, 2.05) is 69.3 Å². The summed E-state index contributed by atoms with van der Waals surface area (Å²) in [6.07, 6.45) is -0.486. The highest BCUT2D eigenvalue weighted by Crippen LogP contribution is 2.29. The Morgan fingerprint density at radius 2 is 1.75 bits per heavy atom. The minimum Gasteiger partial charge on any atom is -0.442 e. The molecular formula is C23H26N2O2Si. The average molecular weight is 391 g/mol. The fourth-order valence-electron chi connectivity index (χ4n) is 2.71. The zero-order chi connectivity index (χ0) is 20.5. The Labute approximate surface area is 167 Å². The fourth-order valence-corrected chi connectivity index (χ4v) is 3.23. The van der Waals surface area contributed by atoms with Crippen molar-refractivity contribution in [3.8, 4) is 22.7 Å². The first-order valence-corrected chi connectivity index (χ1v) is 12.9. The van der Waals surface area contributed by atoms with Crippen LogP contribution in [-0.4, -0.2) is 29.5 Å². The number of ether oxygens (including phenoxy) is 1. The van der Waals surface area contributed by atoms with Gasteiger partial charge in [0.25, 0.3) is 0 Å². The van der Waals surface area contributed by atoms with Crippen LogP contribution in [0.25, 0.3) is 22.2 Å². The van der Waals surface area contributed by atoms with Crippen LogP contribution in [0.5, 0.6) is 0 Å². The second-order valence-electron chi connectivity index (χ2n) is 8.84. The van der Waals surface area contributed by atoms with E-state index in [2.05, 4.69) is 36.2 Å². The molecule has 1 aromatic heterocycles. The Balaban J connectivity index is 2.18. The van der Waals surface area contributed by atoms with E-state index >= 15 is 0 Å². The minimum absolute atomic E-state index is 0.486. The third kappa shape index (κ3) is 4.70. The number of hydrogen-bond donors (Lipinski definition) is 0. The normalized spacial score (nSPS) is 11.8. The number of carbonyl (C=O) groups is 1. The maximum atomic E-state index is 12.7. The molecule has 0 aliphatic rings. The van der Waals surface area contributed by atoms with Crippen LogP contribution in [0.4, 0.5) is 4.79 Å². The predicted molar refractivity (Wildman–Crippen MR) is 117 cm³/mol. The highest BCUT2D eigenvalue weighted by atomic mass is 28.3. The van der Waals surface area contributed by atoms with E-state index in [1.165, 1.54) is 4.68 Å². The van der Waals surface area contributed by atoms with Gasteiger partial charge in [-0.2, -0.15) is 9.78 Å². The number of fused-ring (bicyclic) bond motifs is 1. The van der Waals surface area contributed by atoms with E-state index in [1.54, 1.807) is 0 Å². The lowest BCUT2D eigenvalue weighted by molar-refractivity contribution is 0.0523. The Hall–Kier alpha value is -2.84. The predicted octanol–water partition coefficient (Wildman–Crippen LogP) is 5.72. The molecule has 0 aliphatic heterocycles. The molecule has 0 saturated heterocycles. The molecule has 3 aromatic rings. The van der Waals surface area contributed by atoms with Crippen molar-refractivity contribution in [2.24, 2.45) is 0 Å². The van der Waals surface area contributed by atoms with E-state index in [4.69, 9.17) is 4.74 Å². The van der Waals surface area contributed by atoms with Gasteiger partial charge in [0.15, 0.2) is 0 Å². The monoisotopic (exact) mass is 390 g/mol. The molecule has 0 unspecified atom stereocenters. The number of aromatic nitrogens is 2. The Bertz CT molecular complexity index is 1080. The standard InChI is InChI=1S/C23H26N2O2Si/c1-23(2,3)27-22(26)25-20-13-12-17(14-15-28(4,5)6)16-19(20)21(24-25)18-10-8-7-9-11-18/h7-13,16H,1-6H3. The van der Waals surface area contributed by atoms with Crippen LogP contribution in [0.2, 0.25) is 19.6 Å². The van der Waals surface area contributed by atoms with Crippen molar-refractivity contribution in [2.75, 3.05) is 0 Å². The Morgan fingerprint density at radius 3 is 2.36 bits per heavy atom. The molecule has 1 heterocycles. The molecule has 144 valence electrons. The minimum atomic E-state index is -1.48. The highest BCUT2D eigenvalue weighted by molar-refractivity contribution is 6.83. The summed E-state index contributed by atoms with van der Waals surface area (Å²) in [5.74, 6) is 3.29. The molecule has 0 bridgehead atoms. The molecule has 4 nitrogen and oxygen atoms in total. The zero-order valence-electron chi connectivity index (χ0n) is 17.3. The molecule has 0 atom stereocenters. The maximum absolute atomic E-state index is 12.7. The lowest BCUT2D eigenvalue weighted by atomic mass is 10.1. The second kappa shape index (κ2) is 7.29. The van der Waals surface area contributed by atoms with Gasteiger partial charge in [0.05, 0.1) is 5.52 Å². The lowest BCUT2D eigenvalue weighted by Gasteiger charge is -2.19. The molecule has 0 amide bonds. The van der Waals surface area contributed by atoms with Crippen molar-refractivity contribution in [1.29, 1.82) is 0 Å². The quantitative estimate of drug-likeness (QED) is 0.394. The highest BCUT2D eigenvalue weighted by Gasteiger charge is 2.22. The van der Waals surface area contributed by atoms with Crippen molar-refractivity contribution in [3.63, 3.8) is 0 Å². The van der Waals surface area contributed by atoms with Gasteiger partial charge in [0.2, 0.25) is 0 Å². The molecular weight excluding hydrogens is 364 g/mol. The van der Waals surface area contributed by atoms with Crippen LogP contribution in [0.3, 0.4) is 0 Å². The van der Waals surface area contributed by atoms with E-state index < -0.39 is 19.8 Å². The molecule has 28 heavy (non-hydrogen) atoms. The van der Waals surface area contributed by atoms with Gasteiger partial charge < -0.3 is 4.74 Å². The third-order valence-corrected chi connectivity index (χ3v) is 4.75. The summed E-state index contributed by atoms with van der Waals surface area (Å²) < 4.78 is 6.89. The summed E-state index contributed by atoms with van der Waals surface area (Å²) in [7, 11) is -1.48. The number of nitrogens with zero attached hydrogens (tertiary/aromatic N) is 2. The first-order valence-electron chi connectivity index (χ1n) is 9.38. The van der Waals surface area contributed by atoms with Crippen LogP contribution in [0.15, 0.2) is 48.5 Å². The molecule has 0 N–H and O–H groups in total. The number of benzene rings is 2. The summed E-state index contributed by atoms with van der Waals surface area (Å²) in [4.78, 5) is 12.7. The summed E-state index contributed by atoms with van der Waals surface area (Å²) in [5.41, 5.74) is 6.14. The first kappa shape index (κ1) is 19.9. The van der Waals surface area contributed by atoms with Gasteiger partial charge in [-0.15, -0.1) is 5.54 Å². The molecule has 3 rings (SSSR count).